The summed E-state index contributed by atoms with van der Waals surface area (Å²) in [5, 5.41) is 0. The van der Waals surface area contributed by atoms with Gasteiger partial charge in [-0.2, -0.15) is 0 Å². The minimum absolute atomic E-state index is 0.107. The first-order valence-corrected chi connectivity index (χ1v) is 7.74. The first-order chi connectivity index (χ1) is 9.83. The number of hydrogen-bond donors (Lipinski definition) is 0. The number of rotatable bonds is 2. The minimum Gasteiger partial charge on any atom is -0.465 e. The van der Waals surface area contributed by atoms with Crippen LogP contribution in [0.4, 0.5) is 0 Å². The zero-order valence-electron chi connectivity index (χ0n) is 12.8. The maximum atomic E-state index is 12.9. The largest absolute Gasteiger partial charge is 0.465 e. The number of carbonyl (C=O) groups is 3. The second kappa shape index (κ2) is 4.63. The Labute approximate surface area is 124 Å². The second-order valence-electron chi connectivity index (χ2n) is 7.04. The predicted octanol–water partition coefficient (Wildman–Crippen LogP) is 1.67. The average Bonchev–Trinajstić information content (AvgIpc) is 2.37. The molecule has 116 valence electrons. The summed E-state index contributed by atoms with van der Waals surface area (Å²) in [7, 11) is 0. The predicted molar refractivity (Wildman–Crippen MR) is 73.5 cm³/mol. The summed E-state index contributed by atoms with van der Waals surface area (Å²) in [5.74, 6) is -1.07. The van der Waals surface area contributed by atoms with E-state index in [4.69, 9.17) is 9.47 Å². The lowest BCUT2D eigenvalue weighted by Crippen LogP contribution is -2.69. The number of carbonyl (C=O) groups excluding carboxylic acids is 3. The van der Waals surface area contributed by atoms with Gasteiger partial charge in [-0.25, -0.2) is 0 Å². The zero-order valence-corrected chi connectivity index (χ0v) is 12.8. The Bertz CT molecular complexity index is 509. The Morgan fingerprint density at radius 2 is 2.05 bits per heavy atom. The van der Waals surface area contributed by atoms with E-state index in [0.29, 0.717) is 12.8 Å². The summed E-state index contributed by atoms with van der Waals surface area (Å²) < 4.78 is 11.3. The van der Waals surface area contributed by atoms with Gasteiger partial charge in [0.25, 0.3) is 0 Å². The summed E-state index contributed by atoms with van der Waals surface area (Å²) in [6.45, 7) is 5.64. The number of esters is 1. The highest BCUT2D eigenvalue weighted by Gasteiger charge is 2.70. The van der Waals surface area contributed by atoms with Crippen molar-refractivity contribution in [3.63, 3.8) is 0 Å². The molecule has 0 aromatic heterocycles. The fraction of sp³-hybridized carbons (Fsp3) is 0.812. The lowest BCUT2D eigenvalue weighted by atomic mass is 9.50. The molecule has 1 aliphatic heterocycles. The summed E-state index contributed by atoms with van der Waals surface area (Å²) >= 11 is 0. The van der Waals surface area contributed by atoms with Crippen LogP contribution in [0.2, 0.25) is 0 Å². The van der Waals surface area contributed by atoms with Gasteiger partial charge >= 0.3 is 5.97 Å². The molecule has 0 aromatic carbocycles. The maximum Gasteiger partial charge on any atom is 0.322 e. The van der Waals surface area contributed by atoms with Crippen LogP contribution in [0.5, 0.6) is 0 Å². The number of fused-ring (bicyclic) bond motifs is 2. The molecule has 0 spiro atoms. The second-order valence-corrected chi connectivity index (χ2v) is 7.04. The van der Waals surface area contributed by atoms with Gasteiger partial charge < -0.3 is 9.47 Å². The van der Waals surface area contributed by atoms with Gasteiger partial charge in [0.1, 0.15) is 5.78 Å². The van der Waals surface area contributed by atoms with Gasteiger partial charge in [-0.05, 0) is 39.5 Å². The Morgan fingerprint density at radius 1 is 1.33 bits per heavy atom. The summed E-state index contributed by atoms with van der Waals surface area (Å²) in [6.07, 6.45) is 1.28. The standard InChI is InChI=1S/C16H22O5/c1-4-20-14(19)16-9-5-6-10(11(17)7-9)13(16)21-15(2,3)8-12(16)18/h9-10,13H,4-8H2,1-3H3/t9?,10?,13-,16+/m1/s1. The number of Topliss-reactive ketones (excluding diaryl/α,β-unsaturated/α-hetero) is 2. The fourth-order valence-corrected chi connectivity index (χ4v) is 4.42. The molecule has 3 aliphatic carbocycles. The van der Waals surface area contributed by atoms with Crippen LogP contribution in [0.1, 0.15) is 46.5 Å². The van der Waals surface area contributed by atoms with Crippen LogP contribution in [0.15, 0.2) is 0 Å². The van der Waals surface area contributed by atoms with Gasteiger partial charge in [0.15, 0.2) is 11.2 Å². The molecule has 2 unspecified atom stereocenters. The van der Waals surface area contributed by atoms with Crippen molar-refractivity contribution in [2.24, 2.45) is 17.3 Å². The van der Waals surface area contributed by atoms with Crippen LogP contribution in [0.3, 0.4) is 0 Å². The van der Waals surface area contributed by atoms with Gasteiger partial charge in [0.2, 0.25) is 0 Å². The molecule has 4 rings (SSSR count). The molecule has 4 atom stereocenters. The third-order valence-corrected chi connectivity index (χ3v) is 5.25. The van der Waals surface area contributed by atoms with Crippen molar-refractivity contribution in [1.82, 2.24) is 0 Å². The summed E-state index contributed by atoms with van der Waals surface area (Å²) in [5.41, 5.74) is -1.88. The van der Waals surface area contributed by atoms with E-state index in [9.17, 15) is 14.4 Å². The number of ketones is 2. The highest BCUT2D eigenvalue weighted by atomic mass is 16.5. The van der Waals surface area contributed by atoms with Gasteiger partial charge in [0, 0.05) is 18.8 Å². The Kier molecular flexibility index (Phi) is 3.24. The molecule has 3 saturated carbocycles. The van der Waals surface area contributed by atoms with Gasteiger partial charge in [-0.3, -0.25) is 14.4 Å². The first kappa shape index (κ1) is 14.7. The lowest BCUT2D eigenvalue weighted by Gasteiger charge is -2.57. The number of hydrogen-bond acceptors (Lipinski definition) is 5. The molecule has 5 heteroatoms. The van der Waals surface area contributed by atoms with Crippen LogP contribution in [-0.4, -0.2) is 35.8 Å². The van der Waals surface area contributed by atoms with Crippen LogP contribution in [0.25, 0.3) is 0 Å². The van der Waals surface area contributed by atoms with Crippen molar-refractivity contribution in [2.75, 3.05) is 6.61 Å². The third kappa shape index (κ3) is 1.90. The smallest absolute Gasteiger partial charge is 0.322 e. The summed E-state index contributed by atoms with van der Waals surface area (Å²) in [4.78, 5) is 37.7. The molecule has 0 radical (unpaired) electrons. The van der Waals surface area contributed by atoms with E-state index in [2.05, 4.69) is 0 Å². The third-order valence-electron chi connectivity index (χ3n) is 5.25. The van der Waals surface area contributed by atoms with Crippen molar-refractivity contribution in [1.29, 1.82) is 0 Å². The molecular weight excluding hydrogens is 272 g/mol. The topological polar surface area (TPSA) is 69.7 Å². The molecular formula is C16H22O5. The van der Waals surface area contributed by atoms with Crippen molar-refractivity contribution < 1.29 is 23.9 Å². The molecule has 0 amide bonds. The molecule has 2 bridgehead atoms. The highest BCUT2D eigenvalue weighted by Crippen LogP contribution is 2.57. The van der Waals surface area contributed by atoms with Crippen molar-refractivity contribution in [3.8, 4) is 0 Å². The average molecular weight is 294 g/mol. The molecule has 0 aromatic rings. The van der Waals surface area contributed by atoms with Gasteiger partial charge in [-0.15, -0.1) is 0 Å². The highest BCUT2D eigenvalue weighted by molar-refractivity contribution is 6.08. The lowest BCUT2D eigenvalue weighted by molar-refractivity contribution is -0.232. The normalized spacial score (nSPS) is 40.8. The monoisotopic (exact) mass is 294 g/mol. The molecule has 21 heavy (non-hydrogen) atoms. The molecule has 5 nitrogen and oxygen atoms in total. The summed E-state index contributed by atoms with van der Waals surface area (Å²) in [6, 6.07) is 0. The van der Waals surface area contributed by atoms with Gasteiger partial charge in [0.05, 0.1) is 18.3 Å². The number of ether oxygens (including phenoxy) is 2. The van der Waals surface area contributed by atoms with E-state index in [-0.39, 0.29) is 36.4 Å². The van der Waals surface area contributed by atoms with E-state index in [0.717, 1.165) is 6.42 Å². The Morgan fingerprint density at radius 3 is 2.67 bits per heavy atom. The van der Waals surface area contributed by atoms with E-state index in [1.807, 2.05) is 13.8 Å². The first-order valence-electron chi connectivity index (χ1n) is 7.74. The van der Waals surface area contributed by atoms with E-state index in [1.165, 1.54) is 0 Å². The SMILES string of the molecule is CCOC(=O)[C@@]12C(=O)CC(C)(C)O[C@@H]1C1CCC2CC1=O. The fourth-order valence-electron chi connectivity index (χ4n) is 4.42. The molecule has 0 N–H and O–H groups in total. The Hall–Kier alpha value is -1.23. The zero-order chi connectivity index (χ0) is 15.4. The van der Waals surface area contributed by atoms with E-state index in [1.54, 1.807) is 6.92 Å². The van der Waals surface area contributed by atoms with Crippen LogP contribution < -0.4 is 0 Å². The molecule has 1 saturated heterocycles. The van der Waals surface area contributed by atoms with Crippen LogP contribution >= 0.6 is 0 Å². The van der Waals surface area contributed by atoms with E-state index < -0.39 is 23.1 Å². The minimum atomic E-state index is -1.25. The van der Waals surface area contributed by atoms with Crippen molar-refractivity contribution >= 4 is 17.5 Å². The molecule has 1 heterocycles. The quantitative estimate of drug-likeness (QED) is 0.572. The van der Waals surface area contributed by atoms with Crippen molar-refractivity contribution in [2.45, 2.75) is 58.2 Å². The van der Waals surface area contributed by atoms with Crippen LogP contribution in [-0.2, 0) is 23.9 Å². The van der Waals surface area contributed by atoms with Crippen molar-refractivity contribution in [3.05, 3.63) is 0 Å². The van der Waals surface area contributed by atoms with E-state index >= 15 is 0 Å². The molecule has 4 fully saturated rings. The van der Waals surface area contributed by atoms with Crippen LogP contribution in [0, 0.1) is 17.3 Å². The maximum absolute atomic E-state index is 12.9. The van der Waals surface area contributed by atoms with Gasteiger partial charge in [-0.1, -0.05) is 0 Å². The Balaban J connectivity index is 2.09. The molecule has 4 aliphatic rings.